The first kappa shape index (κ1) is 13.7. The monoisotopic (exact) mass is 241 g/mol. The zero-order chi connectivity index (χ0) is 11.8. The SMILES string of the molecule is C=CC1=C(CC(C)CCCCNC)SCO1. The van der Waals surface area contributed by atoms with Gasteiger partial charge in [-0.05, 0) is 38.4 Å². The molecule has 0 fully saturated rings. The summed E-state index contributed by atoms with van der Waals surface area (Å²) < 4.78 is 5.47. The summed E-state index contributed by atoms with van der Waals surface area (Å²) in [5.41, 5.74) is 0. The predicted octanol–water partition coefficient (Wildman–Crippen LogP) is 3.52. The van der Waals surface area contributed by atoms with Crippen LogP contribution in [0.2, 0.25) is 0 Å². The van der Waals surface area contributed by atoms with E-state index in [9.17, 15) is 0 Å². The van der Waals surface area contributed by atoms with Gasteiger partial charge in [0.15, 0.2) is 0 Å². The van der Waals surface area contributed by atoms with Crippen molar-refractivity contribution in [3.05, 3.63) is 23.3 Å². The maximum absolute atomic E-state index is 5.47. The minimum Gasteiger partial charge on any atom is -0.482 e. The van der Waals surface area contributed by atoms with Crippen LogP contribution in [0.1, 0.15) is 32.6 Å². The summed E-state index contributed by atoms with van der Waals surface area (Å²) in [7, 11) is 2.01. The lowest BCUT2D eigenvalue weighted by atomic mass is 10.00. The highest BCUT2D eigenvalue weighted by Crippen LogP contribution is 2.35. The molecule has 1 aliphatic rings. The molecule has 2 nitrogen and oxygen atoms in total. The summed E-state index contributed by atoms with van der Waals surface area (Å²) in [6.45, 7) is 7.24. The molecule has 0 radical (unpaired) electrons. The topological polar surface area (TPSA) is 21.3 Å². The van der Waals surface area contributed by atoms with Crippen molar-refractivity contribution in [1.82, 2.24) is 5.32 Å². The standard InChI is InChI=1S/C13H23NOS/c1-4-12-13(16-10-15-12)9-11(2)7-5-6-8-14-3/h4,11,14H,1,5-10H2,2-3H3. The van der Waals surface area contributed by atoms with Crippen LogP contribution in [0, 0.1) is 5.92 Å². The third kappa shape index (κ3) is 4.62. The van der Waals surface area contributed by atoms with Crippen LogP contribution >= 0.6 is 11.8 Å². The number of rotatable bonds is 8. The van der Waals surface area contributed by atoms with E-state index >= 15 is 0 Å². The van der Waals surface area contributed by atoms with Crippen molar-refractivity contribution < 1.29 is 4.74 Å². The highest BCUT2D eigenvalue weighted by atomic mass is 32.2. The molecule has 0 saturated carbocycles. The van der Waals surface area contributed by atoms with E-state index in [4.69, 9.17) is 4.74 Å². The van der Waals surface area contributed by atoms with Crippen LogP contribution in [0.25, 0.3) is 0 Å². The summed E-state index contributed by atoms with van der Waals surface area (Å²) in [6, 6.07) is 0. The maximum atomic E-state index is 5.47. The van der Waals surface area contributed by atoms with Crippen molar-refractivity contribution >= 4 is 11.8 Å². The van der Waals surface area contributed by atoms with Crippen LogP contribution in [0.15, 0.2) is 23.3 Å². The predicted molar refractivity (Wildman–Crippen MR) is 72.3 cm³/mol. The Balaban J connectivity index is 2.23. The van der Waals surface area contributed by atoms with Crippen molar-refractivity contribution in [2.45, 2.75) is 32.6 Å². The van der Waals surface area contributed by atoms with E-state index < -0.39 is 0 Å². The minimum absolute atomic E-state index is 0.746. The third-order valence-electron chi connectivity index (χ3n) is 2.82. The van der Waals surface area contributed by atoms with Gasteiger partial charge in [-0.1, -0.05) is 38.1 Å². The third-order valence-corrected chi connectivity index (χ3v) is 3.77. The van der Waals surface area contributed by atoms with E-state index in [0.29, 0.717) is 0 Å². The number of thioether (sulfide) groups is 1. The molecule has 3 heteroatoms. The molecular formula is C13H23NOS. The van der Waals surface area contributed by atoms with Gasteiger partial charge in [-0.2, -0.15) is 0 Å². The molecule has 1 N–H and O–H groups in total. The number of ether oxygens (including phenoxy) is 1. The van der Waals surface area contributed by atoms with Gasteiger partial charge in [-0.25, -0.2) is 0 Å². The first-order valence-corrected chi connectivity index (χ1v) is 7.02. The summed E-state index contributed by atoms with van der Waals surface area (Å²) >= 11 is 1.82. The van der Waals surface area contributed by atoms with Crippen LogP contribution in [0.3, 0.4) is 0 Å². The van der Waals surface area contributed by atoms with Crippen molar-refractivity contribution in [2.75, 3.05) is 19.5 Å². The number of unbranched alkanes of at least 4 members (excludes halogenated alkanes) is 1. The molecule has 1 rings (SSSR count). The molecule has 0 aromatic carbocycles. The Hall–Kier alpha value is -0.410. The molecule has 0 spiro atoms. The lowest BCUT2D eigenvalue weighted by Crippen LogP contribution is -2.07. The Bertz CT molecular complexity index is 250. The smallest absolute Gasteiger partial charge is 0.138 e. The van der Waals surface area contributed by atoms with E-state index in [1.165, 1.54) is 24.2 Å². The first-order chi connectivity index (χ1) is 7.77. The second-order valence-corrected chi connectivity index (χ2v) is 5.32. The maximum Gasteiger partial charge on any atom is 0.138 e. The zero-order valence-electron chi connectivity index (χ0n) is 10.4. The molecule has 1 atom stereocenters. The fourth-order valence-electron chi connectivity index (χ4n) is 1.86. The van der Waals surface area contributed by atoms with Crippen LogP contribution in [0.5, 0.6) is 0 Å². The van der Waals surface area contributed by atoms with Crippen molar-refractivity contribution in [3.63, 3.8) is 0 Å². The average molecular weight is 241 g/mol. The van der Waals surface area contributed by atoms with Gasteiger partial charge in [0.2, 0.25) is 0 Å². The van der Waals surface area contributed by atoms with Crippen molar-refractivity contribution in [2.24, 2.45) is 5.92 Å². The number of nitrogens with one attached hydrogen (secondary N) is 1. The zero-order valence-corrected chi connectivity index (χ0v) is 11.2. The molecule has 0 aliphatic carbocycles. The lowest BCUT2D eigenvalue weighted by Gasteiger charge is -2.11. The number of hydrogen-bond donors (Lipinski definition) is 1. The second-order valence-electron chi connectivity index (χ2n) is 4.31. The fraction of sp³-hybridized carbons (Fsp3) is 0.692. The van der Waals surface area contributed by atoms with E-state index in [-0.39, 0.29) is 0 Å². The molecule has 0 saturated heterocycles. The Morgan fingerprint density at radius 3 is 3.06 bits per heavy atom. The van der Waals surface area contributed by atoms with Gasteiger partial charge < -0.3 is 10.1 Å². The lowest BCUT2D eigenvalue weighted by molar-refractivity contribution is 0.293. The average Bonchev–Trinajstić information content (AvgIpc) is 2.71. The van der Waals surface area contributed by atoms with E-state index in [1.807, 2.05) is 24.9 Å². The highest BCUT2D eigenvalue weighted by molar-refractivity contribution is 8.03. The Morgan fingerprint density at radius 1 is 1.56 bits per heavy atom. The van der Waals surface area contributed by atoms with Gasteiger partial charge in [0.1, 0.15) is 11.7 Å². The molecule has 1 heterocycles. The van der Waals surface area contributed by atoms with E-state index in [0.717, 1.165) is 30.6 Å². The van der Waals surface area contributed by atoms with Gasteiger partial charge in [-0.15, -0.1) is 0 Å². The first-order valence-electron chi connectivity index (χ1n) is 6.03. The molecule has 1 aliphatic heterocycles. The second kappa shape index (κ2) is 7.80. The number of allylic oxidation sites excluding steroid dienone is 2. The Morgan fingerprint density at radius 2 is 2.38 bits per heavy atom. The fourth-order valence-corrected chi connectivity index (χ4v) is 2.88. The van der Waals surface area contributed by atoms with Gasteiger partial charge in [0, 0.05) is 4.91 Å². The van der Waals surface area contributed by atoms with Gasteiger partial charge in [-0.3, -0.25) is 0 Å². The van der Waals surface area contributed by atoms with Crippen LogP contribution in [0.4, 0.5) is 0 Å². The summed E-state index contributed by atoms with van der Waals surface area (Å²) in [5.74, 6) is 2.52. The quantitative estimate of drug-likeness (QED) is 0.657. The highest BCUT2D eigenvalue weighted by Gasteiger charge is 2.16. The Kier molecular flexibility index (Phi) is 6.65. The van der Waals surface area contributed by atoms with Gasteiger partial charge in [0.25, 0.3) is 0 Å². The molecule has 92 valence electrons. The molecule has 1 unspecified atom stereocenters. The number of hydrogen-bond acceptors (Lipinski definition) is 3. The van der Waals surface area contributed by atoms with Gasteiger partial charge >= 0.3 is 0 Å². The molecular weight excluding hydrogens is 218 g/mol. The van der Waals surface area contributed by atoms with E-state index in [2.05, 4.69) is 18.8 Å². The van der Waals surface area contributed by atoms with Crippen LogP contribution in [-0.2, 0) is 4.74 Å². The molecule has 0 bridgehead atoms. The molecule has 16 heavy (non-hydrogen) atoms. The summed E-state index contributed by atoms with van der Waals surface area (Å²) in [4.78, 5) is 1.39. The normalized spacial score (nSPS) is 17.4. The molecule has 0 aromatic heterocycles. The minimum atomic E-state index is 0.746. The molecule has 0 amide bonds. The van der Waals surface area contributed by atoms with Crippen molar-refractivity contribution in [1.29, 1.82) is 0 Å². The van der Waals surface area contributed by atoms with Crippen LogP contribution in [-0.4, -0.2) is 19.5 Å². The van der Waals surface area contributed by atoms with Crippen molar-refractivity contribution in [3.8, 4) is 0 Å². The Labute approximate surface area is 104 Å². The van der Waals surface area contributed by atoms with Crippen LogP contribution < -0.4 is 5.32 Å². The molecule has 0 aromatic rings. The summed E-state index contributed by atoms with van der Waals surface area (Å²) in [5, 5.41) is 3.18. The largest absolute Gasteiger partial charge is 0.482 e. The summed E-state index contributed by atoms with van der Waals surface area (Å²) in [6.07, 6.45) is 6.87. The van der Waals surface area contributed by atoms with Gasteiger partial charge in [0.05, 0.1) is 0 Å². The van der Waals surface area contributed by atoms with E-state index in [1.54, 1.807) is 0 Å².